The lowest BCUT2D eigenvalue weighted by Gasteiger charge is -2.29. The molecule has 1 aliphatic rings. The zero-order chi connectivity index (χ0) is 20.8. The summed E-state index contributed by atoms with van der Waals surface area (Å²) in [5.41, 5.74) is 2.32. The maximum Gasteiger partial charge on any atom is 0.230 e. The molecular weight excluding hydrogens is 384 g/mol. The number of benzene rings is 1. The largest absolute Gasteiger partial charge is 0.485 e. The van der Waals surface area contributed by atoms with Gasteiger partial charge in [-0.15, -0.1) is 10.2 Å². The minimum Gasteiger partial charge on any atom is -0.485 e. The van der Waals surface area contributed by atoms with Crippen LogP contribution in [0.2, 0.25) is 0 Å². The average Bonchev–Trinajstić information content (AvgIpc) is 3.09. The van der Waals surface area contributed by atoms with Gasteiger partial charge >= 0.3 is 0 Å². The first-order valence-electron chi connectivity index (χ1n) is 10.5. The predicted molar refractivity (Wildman–Crippen MR) is 116 cm³/mol. The zero-order valence-corrected chi connectivity index (χ0v) is 18.7. The van der Waals surface area contributed by atoms with Crippen molar-refractivity contribution in [3.63, 3.8) is 0 Å². The van der Waals surface area contributed by atoms with Crippen molar-refractivity contribution in [2.75, 3.05) is 5.75 Å². The van der Waals surface area contributed by atoms with E-state index in [1.54, 1.807) is 0 Å². The van der Waals surface area contributed by atoms with Crippen LogP contribution in [-0.2, 0) is 17.9 Å². The minimum absolute atomic E-state index is 0.0764. The quantitative estimate of drug-likeness (QED) is 0.651. The maximum absolute atomic E-state index is 12.4. The SMILES string of the molecule is CCn1c(COc2ccc(C)cc2C)nnc1SCC(=O)N[C@@H]1CCCC[C@@H]1C. The lowest BCUT2D eigenvalue weighted by molar-refractivity contribution is -0.119. The summed E-state index contributed by atoms with van der Waals surface area (Å²) in [6, 6.07) is 6.44. The van der Waals surface area contributed by atoms with E-state index in [1.165, 1.54) is 36.6 Å². The van der Waals surface area contributed by atoms with Crippen molar-refractivity contribution < 1.29 is 9.53 Å². The maximum atomic E-state index is 12.4. The van der Waals surface area contributed by atoms with E-state index < -0.39 is 0 Å². The number of thioether (sulfide) groups is 1. The number of carbonyl (C=O) groups excluding carboxylic acids is 1. The highest BCUT2D eigenvalue weighted by Gasteiger charge is 2.23. The van der Waals surface area contributed by atoms with Crippen molar-refractivity contribution in [2.45, 2.75) is 77.7 Å². The third kappa shape index (κ3) is 5.75. The summed E-state index contributed by atoms with van der Waals surface area (Å²) in [5.74, 6) is 2.63. The molecule has 0 radical (unpaired) electrons. The van der Waals surface area contributed by atoms with Crippen molar-refractivity contribution in [2.24, 2.45) is 5.92 Å². The van der Waals surface area contributed by atoms with Crippen LogP contribution in [0.3, 0.4) is 0 Å². The van der Waals surface area contributed by atoms with Crippen LogP contribution >= 0.6 is 11.8 Å². The van der Waals surface area contributed by atoms with Gasteiger partial charge in [0.25, 0.3) is 0 Å². The van der Waals surface area contributed by atoms with E-state index in [4.69, 9.17) is 4.74 Å². The number of carbonyl (C=O) groups is 1. The first-order chi connectivity index (χ1) is 14.0. The Morgan fingerprint density at radius 2 is 2.07 bits per heavy atom. The molecule has 2 atom stereocenters. The fourth-order valence-electron chi connectivity index (χ4n) is 3.86. The van der Waals surface area contributed by atoms with Gasteiger partial charge in [-0.25, -0.2) is 0 Å². The highest BCUT2D eigenvalue weighted by Crippen LogP contribution is 2.25. The van der Waals surface area contributed by atoms with Crippen LogP contribution in [0.25, 0.3) is 0 Å². The van der Waals surface area contributed by atoms with Gasteiger partial charge in [-0.2, -0.15) is 0 Å². The van der Waals surface area contributed by atoms with Crippen LogP contribution < -0.4 is 10.1 Å². The van der Waals surface area contributed by atoms with Crippen molar-refractivity contribution in [3.05, 3.63) is 35.2 Å². The van der Waals surface area contributed by atoms with Gasteiger partial charge in [0.05, 0.1) is 5.75 Å². The molecule has 6 nitrogen and oxygen atoms in total. The molecule has 1 amide bonds. The number of nitrogens with one attached hydrogen (secondary N) is 1. The number of hydrogen-bond acceptors (Lipinski definition) is 5. The molecule has 0 bridgehead atoms. The van der Waals surface area contributed by atoms with Gasteiger partial charge in [0, 0.05) is 12.6 Å². The van der Waals surface area contributed by atoms with Crippen LogP contribution in [0.5, 0.6) is 5.75 Å². The van der Waals surface area contributed by atoms with Crippen molar-refractivity contribution in [1.82, 2.24) is 20.1 Å². The summed E-state index contributed by atoms with van der Waals surface area (Å²) in [6.07, 6.45) is 4.76. The molecule has 3 rings (SSSR count). The lowest BCUT2D eigenvalue weighted by atomic mass is 9.86. The number of aromatic nitrogens is 3. The minimum atomic E-state index is 0.0764. The van der Waals surface area contributed by atoms with E-state index in [9.17, 15) is 4.79 Å². The van der Waals surface area contributed by atoms with Gasteiger partial charge in [0.1, 0.15) is 12.4 Å². The second-order valence-corrected chi connectivity index (χ2v) is 8.87. The number of rotatable bonds is 8. The molecule has 1 aromatic carbocycles. The summed E-state index contributed by atoms with van der Waals surface area (Å²) in [7, 11) is 0. The molecule has 2 aromatic rings. The summed E-state index contributed by atoms with van der Waals surface area (Å²) >= 11 is 1.44. The fourth-order valence-corrected chi connectivity index (χ4v) is 4.70. The van der Waals surface area contributed by atoms with Crippen LogP contribution in [-0.4, -0.2) is 32.5 Å². The molecule has 0 aliphatic heterocycles. The highest BCUT2D eigenvalue weighted by molar-refractivity contribution is 7.99. The van der Waals surface area contributed by atoms with Gasteiger partial charge < -0.3 is 14.6 Å². The molecule has 7 heteroatoms. The summed E-state index contributed by atoms with van der Waals surface area (Å²) < 4.78 is 7.98. The first-order valence-corrected chi connectivity index (χ1v) is 11.5. The van der Waals surface area contributed by atoms with Gasteiger partial charge in [-0.1, -0.05) is 49.2 Å². The topological polar surface area (TPSA) is 69.0 Å². The number of ether oxygens (including phenoxy) is 1. The Hall–Kier alpha value is -2.02. The smallest absolute Gasteiger partial charge is 0.230 e. The van der Waals surface area contributed by atoms with Gasteiger partial charge in [-0.3, -0.25) is 4.79 Å². The van der Waals surface area contributed by atoms with Crippen molar-refractivity contribution in [3.8, 4) is 5.75 Å². The molecule has 0 unspecified atom stereocenters. The Morgan fingerprint density at radius 3 is 2.79 bits per heavy atom. The first kappa shape index (κ1) is 21.7. The summed E-state index contributed by atoms with van der Waals surface area (Å²) in [4.78, 5) is 12.4. The van der Waals surface area contributed by atoms with Gasteiger partial charge in [-0.05, 0) is 51.2 Å². The van der Waals surface area contributed by atoms with Crippen LogP contribution in [0.15, 0.2) is 23.4 Å². The third-order valence-electron chi connectivity index (χ3n) is 5.59. The van der Waals surface area contributed by atoms with E-state index in [-0.39, 0.29) is 5.91 Å². The number of hydrogen-bond donors (Lipinski definition) is 1. The Morgan fingerprint density at radius 1 is 1.28 bits per heavy atom. The monoisotopic (exact) mass is 416 g/mol. The van der Waals surface area contributed by atoms with E-state index in [1.807, 2.05) is 23.6 Å². The third-order valence-corrected chi connectivity index (χ3v) is 6.55. The Bertz CT molecular complexity index is 836. The highest BCUT2D eigenvalue weighted by atomic mass is 32.2. The van der Waals surface area contributed by atoms with Gasteiger partial charge in [0.15, 0.2) is 11.0 Å². The van der Waals surface area contributed by atoms with Crippen LogP contribution in [0.4, 0.5) is 0 Å². The molecule has 0 spiro atoms. The Balaban J connectivity index is 1.55. The average molecular weight is 417 g/mol. The second-order valence-electron chi connectivity index (χ2n) is 7.93. The van der Waals surface area contributed by atoms with E-state index in [0.717, 1.165) is 35.3 Å². The molecule has 158 valence electrons. The number of amides is 1. The summed E-state index contributed by atoms with van der Waals surface area (Å²) in [6.45, 7) is 9.49. The predicted octanol–water partition coefficient (Wildman–Crippen LogP) is 4.28. The molecule has 29 heavy (non-hydrogen) atoms. The Labute approximate surface area is 177 Å². The molecule has 1 heterocycles. The summed E-state index contributed by atoms with van der Waals surface area (Å²) in [5, 5.41) is 12.5. The standard InChI is InChI=1S/C22H32N4O2S/c1-5-26-20(13-28-19-11-10-15(2)12-17(19)4)24-25-22(26)29-14-21(27)23-18-9-7-6-8-16(18)3/h10-12,16,18H,5-9,13-14H2,1-4H3,(H,23,27)/t16-,18+/m0/s1. The van der Waals surface area contributed by atoms with Crippen LogP contribution in [0, 0.1) is 19.8 Å². The fraction of sp³-hybridized carbons (Fsp3) is 0.591. The van der Waals surface area contributed by atoms with E-state index in [2.05, 4.69) is 42.4 Å². The normalized spacial score (nSPS) is 19.2. The zero-order valence-electron chi connectivity index (χ0n) is 17.9. The molecule has 1 fully saturated rings. The lowest BCUT2D eigenvalue weighted by Crippen LogP contribution is -2.41. The Kier molecular flexibility index (Phi) is 7.58. The molecular formula is C22H32N4O2S. The molecule has 1 saturated carbocycles. The number of aryl methyl sites for hydroxylation is 2. The molecule has 1 aromatic heterocycles. The van der Waals surface area contributed by atoms with Crippen LogP contribution in [0.1, 0.15) is 56.5 Å². The second kappa shape index (κ2) is 10.1. The molecule has 1 aliphatic carbocycles. The number of nitrogens with zero attached hydrogens (tertiary/aromatic N) is 3. The van der Waals surface area contributed by atoms with E-state index in [0.29, 0.717) is 24.3 Å². The van der Waals surface area contributed by atoms with Crippen molar-refractivity contribution >= 4 is 17.7 Å². The molecule has 0 saturated heterocycles. The van der Waals surface area contributed by atoms with Crippen molar-refractivity contribution in [1.29, 1.82) is 0 Å². The van der Waals surface area contributed by atoms with Gasteiger partial charge in [0.2, 0.25) is 5.91 Å². The molecule has 1 N–H and O–H groups in total. The van der Waals surface area contributed by atoms with E-state index >= 15 is 0 Å².